The Balaban J connectivity index is 1.72. The molecule has 1 N–H and O–H groups in total. The zero-order valence-electron chi connectivity index (χ0n) is 17.3. The van der Waals surface area contributed by atoms with Gasteiger partial charge in [-0.3, -0.25) is 9.59 Å². The monoisotopic (exact) mass is 409 g/mol. The summed E-state index contributed by atoms with van der Waals surface area (Å²) in [4.78, 5) is 41.1. The molecule has 1 heterocycles. The van der Waals surface area contributed by atoms with Crippen LogP contribution in [0.15, 0.2) is 41.2 Å². The Labute approximate surface area is 173 Å². The minimum atomic E-state index is -0.656. The van der Waals surface area contributed by atoms with Crippen LogP contribution in [0.5, 0.6) is 5.75 Å². The van der Waals surface area contributed by atoms with Crippen LogP contribution >= 0.6 is 0 Å². The molecule has 1 aromatic heterocycles. The number of rotatable bonds is 6. The molecule has 0 aliphatic rings. The average Bonchev–Trinajstić information content (AvgIpc) is 2.73. The Bertz CT molecular complexity index is 1180. The number of nitrogens with one attached hydrogen (secondary N) is 1. The van der Waals surface area contributed by atoms with Crippen molar-refractivity contribution in [3.8, 4) is 5.75 Å². The summed E-state index contributed by atoms with van der Waals surface area (Å²) in [6.07, 6.45) is 0. The van der Waals surface area contributed by atoms with Crippen LogP contribution in [0, 0.1) is 13.8 Å². The second-order valence-corrected chi connectivity index (χ2v) is 6.78. The van der Waals surface area contributed by atoms with Crippen LogP contribution in [-0.4, -0.2) is 35.1 Å². The normalized spacial score (nSPS) is 10.7. The Kier molecular flexibility index (Phi) is 6.15. The summed E-state index contributed by atoms with van der Waals surface area (Å²) in [6.45, 7) is 5.43. The topological polar surface area (TPSA) is 99.5 Å². The minimum absolute atomic E-state index is 0.163. The van der Waals surface area contributed by atoms with Crippen molar-refractivity contribution >= 4 is 28.6 Å². The second-order valence-electron chi connectivity index (χ2n) is 6.78. The molecule has 2 aromatic carbocycles. The third kappa shape index (κ3) is 4.32. The SMILES string of the molecule is CCn1c(=O)c(C)nc2cc(C(=O)OCC(=O)Nc3cc(C)ccc3OC)ccc21. The lowest BCUT2D eigenvalue weighted by molar-refractivity contribution is -0.119. The molecule has 156 valence electrons. The summed E-state index contributed by atoms with van der Waals surface area (Å²) in [5, 5.41) is 2.68. The maximum atomic E-state index is 12.4. The van der Waals surface area contributed by atoms with Gasteiger partial charge in [0.1, 0.15) is 11.4 Å². The molecule has 0 aliphatic heterocycles. The number of nitrogens with zero attached hydrogens (tertiary/aromatic N) is 2. The number of anilines is 1. The van der Waals surface area contributed by atoms with Gasteiger partial charge in [-0.15, -0.1) is 0 Å². The van der Waals surface area contributed by atoms with Gasteiger partial charge in [0, 0.05) is 6.54 Å². The molecule has 3 aromatic rings. The van der Waals surface area contributed by atoms with E-state index in [1.54, 1.807) is 41.8 Å². The highest BCUT2D eigenvalue weighted by Gasteiger charge is 2.15. The molecule has 8 heteroatoms. The van der Waals surface area contributed by atoms with Crippen LogP contribution in [0.1, 0.15) is 28.5 Å². The first kappa shape index (κ1) is 21.0. The van der Waals surface area contributed by atoms with E-state index >= 15 is 0 Å². The van der Waals surface area contributed by atoms with Gasteiger partial charge in [-0.25, -0.2) is 9.78 Å². The largest absolute Gasteiger partial charge is 0.495 e. The van der Waals surface area contributed by atoms with Crippen molar-refractivity contribution in [2.24, 2.45) is 0 Å². The van der Waals surface area contributed by atoms with Crippen LogP contribution in [0.4, 0.5) is 5.69 Å². The van der Waals surface area contributed by atoms with E-state index in [0.717, 1.165) is 5.56 Å². The molecule has 0 fully saturated rings. The predicted octanol–water partition coefficient (Wildman–Crippen LogP) is 2.84. The number of esters is 1. The first-order chi connectivity index (χ1) is 14.3. The molecule has 0 spiro atoms. The first-order valence-corrected chi connectivity index (χ1v) is 9.46. The second kappa shape index (κ2) is 8.77. The Morgan fingerprint density at radius 3 is 2.60 bits per heavy atom. The van der Waals surface area contributed by atoms with Gasteiger partial charge >= 0.3 is 5.97 Å². The third-order valence-corrected chi connectivity index (χ3v) is 4.62. The maximum absolute atomic E-state index is 12.4. The van der Waals surface area contributed by atoms with Crippen molar-refractivity contribution in [2.75, 3.05) is 19.0 Å². The van der Waals surface area contributed by atoms with Gasteiger partial charge in [0.25, 0.3) is 11.5 Å². The molecule has 0 atom stereocenters. The number of hydrogen-bond acceptors (Lipinski definition) is 6. The van der Waals surface area contributed by atoms with Crippen molar-refractivity contribution in [1.29, 1.82) is 0 Å². The quantitative estimate of drug-likeness (QED) is 0.629. The maximum Gasteiger partial charge on any atom is 0.338 e. The van der Waals surface area contributed by atoms with Crippen molar-refractivity contribution in [2.45, 2.75) is 27.3 Å². The Morgan fingerprint density at radius 1 is 1.13 bits per heavy atom. The molecule has 30 heavy (non-hydrogen) atoms. The lowest BCUT2D eigenvalue weighted by Gasteiger charge is -2.12. The van der Waals surface area contributed by atoms with E-state index in [2.05, 4.69) is 10.3 Å². The fourth-order valence-corrected chi connectivity index (χ4v) is 3.14. The summed E-state index contributed by atoms with van der Waals surface area (Å²) in [5.41, 5.74) is 3.03. The standard InChI is InChI=1S/C22H23N3O5/c1-5-25-18-8-7-15(11-16(18)23-14(3)21(25)27)22(28)30-12-20(26)24-17-10-13(2)6-9-19(17)29-4/h6-11H,5,12H2,1-4H3,(H,24,26). The lowest BCUT2D eigenvalue weighted by Crippen LogP contribution is -2.23. The highest BCUT2D eigenvalue weighted by molar-refractivity contribution is 5.97. The van der Waals surface area contributed by atoms with Crippen LogP contribution < -0.4 is 15.6 Å². The van der Waals surface area contributed by atoms with Crippen LogP contribution in [0.25, 0.3) is 11.0 Å². The number of aromatic nitrogens is 2. The number of carbonyl (C=O) groups excluding carboxylic acids is 2. The van der Waals surface area contributed by atoms with Gasteiger partial charge in [-0.1, -0.05) is 6.07 Å². The first-order valence-electron chi connectivity index (χ1n) is 9.46. The van der Waals surface area contributed by atoms with Crippen LogP contribution in [0.3, 0.4) is 0 Å². The Hall–Kier alpha value is -3.68. The van der Waals surface area contributed by atoms with Crippen molar-refractivity contribution in [1.82, 2.24) is 9.55 Å². The van der Waals surface area contributed by atoms with Crippen molar-refractivity contribution in [3.63, 3.8) is 0 Å². The molecular formula is C22H23N3O5. The van der Waals surface area contributed by atoms with E-state index in [4.69, 9.17) is 9.47 Å². The molecule has 1 amide bonds. The molecule has 0 unspecified atom stereocenters. The van der Waals surface area contributed by atoms with Gasteiger partial charge in [-0.05, 0) is 56.7 Å². The molecule has 0 saturated heterocycles. The van der Waals surface area contributed by atoms with Gasteiger partial charge in [0.2, 0.25) is 0 Å². The zero-order valence-corrected chi connectivity index (χ0v) is 17.3. The van der Waals surface area contributed by atoms with Gasteiger partial charge < -0.3 is 19.4 Å². The van der Waals surface area contributed by atoms with Crippen molar-refractivity contribution < 1.29 is 19.1 Å². The molecular weight excluding hydrogens is 386 g/mol. The highest BCUT2D eigenvalue weighted by Crippen LogP contribution is 2.25. The van der Waals surface area contributed by atoms with Gasteiger partial charge in [-0.2, -0.15) is 0 Å². The molecule has 0 radical (unpaired) electrons. The molecule has 0 bridgehead atoms. The van der Waals surface area contributed by atoms with Crippen molar-refractivity contribution in [3.05, 3.63) is 63.6 Å². The number of hydrogen-bond donors (Lipinski definition) is 1. The predicted molar refractivity (Wildman–Crippen MR) is 113 cm³/mol. The number of benzene rings is 2. The smallest absolute Gasteiger partial charge is 0.338 e. The lowest BCUT2D eigenvalue weighted by atomic mass is 10.2. The number of amides is 1. The highest BCUT2D eigenvalue weighted by atomic mass is 16.5. The van der Waals surface area contributed by atoms with E-state index in [9.17, 15) is 14.4 Å². The van der Waals surface area contributed by atoms with E-state index < -0.39 is 18.5 Å². The number of fused-ring (bicyclic) bond motifs is 1. The van der Waals surface area contributed by atoms with E-state index in [1.165, 1.54) is 7.11 Å². The average molecular weight is 409 g/mol. The van der Waals surface area contributed by atoms with Gasteiger partial charge in [0.15, 0.2) is 6.61 Å². The minimum Gasteiger partial charge on any atom is -0.495 e. The number of ether oxygens (including phenoxy) is 2. The van der Waals surface area contributed by atoms with E-state index in [-0.39, 0.29) is 11.1 Å². The van der Waals surface area contributed by atoms with Crippen LogP contribution in [0.2, 0.25) is 0 Å². The van der Waals surface area contributed by atoms with Gasteiger partial charge in [0.05, 0.1) is 29.4 Å². The molecule has 0 saturated carbocycles. The summed E-state index contributed by atoms with van der Waals surface area (Å²) in [5.74, 6) is -0.628. The fourth-order valence-electron chi connectivity index (χ4n) is 3.14. The third-order valence-electron chi connectivity index (χ3n) is 4.62. The van der Waals surface area contributed by atoms with E-state index in [1.807, 2.05) is 19.9 Å². The molecule has 8 nitrogen and oxygen atoms in total. The summed E-state index contributed by atoms with van der Waals surface area (Å²) in [7, 11) is 1.51. The summed E-state index contributed by atoms with van der Waals surface area (Å²) >= 11 is 0. The number of carbonyl (C=O) groups is 2. The zero-order chi connectivity index (χ0) is 21.8. The summed E-state index contributed by atoms with van der Waals surface area (Å²) < 4.78 is 12.0. The number of methoxy groups -OCH3 is 1. The Morgan fingerprint density at radius 2 is 1.90 bits per heavy atom. The molecule has 3 rings (SSSR count). The molecule has 0 aliphatic carbocycles. The summed E-state index contributed by atoms with van der Waals surface area (Å²) in [6, 6.07) is 10.1. The van der Waals surface area contributed by atoms with E-state index in [0.29, 0.717) is 34.7 Å². The fraction of sp³-hybridized carbons (Fsp3) is 0.273. The van der Waals surface area contributed by atoms with Crippen LogP contribution in [-0.2, 0) is 16.1 Å². The number of aryl methyl sites for hydroxylation is 3.